The maximum absolute atomic E-state index is 12.9. The molecule has 2 aromatic carbocycles. The van der Waals surface area contributed by atoms with Crippen LogP contribution in [0.5, 0.6) is 0 Å². The van der Waals surface area contributed by atoms with Crippen molar-refractivity contribution in [1.82, 2.24) is 0 Å². The number of hydrogen-bond acceptors (Lipinski definition) is 6. The number of nitro benzene ring substituents is 1. The second kappa shape index (κ2) is 8.70. The molecule has 8 nitrogen and oxygen atoms in total. The zero-order chi connectivity index (χ0) is 21.0. The van der Waals surface area contributed by atoms with Crippen LogP contribution in [0, 0.1) is 17.0 Å². The molecule has 148 valence electrons. The van der Waals surface area contributed by atoms with Gasteiger partial charge >= 0.3 is 5.97 Å². The maximum Gasteiger partial charge on any atom is 0.375 e. The highest BCUT2D eigenvalue weighted by Gasteiger charge is 2.28. The molecule has 0 aliphatic heterocycles. The van der Waals surface area contributed by atoms with Gasteiger partial charge in [-0.1, -0.05) is 36.4 Å². The SMILES string of the molecule is Cc1ccc(NC(=O)C(OC(=O)c2ccc(Br)o2)c2ccccc2)c([N+](=O)[O-])c1. The third kappa shape index (κ3) is 4.88. The molecule has 0 spiro atoms. The summed E-state index contributed by atoms with van der Waals surface area (Å²) in [6.07, 6.45) is -1.34. The number of halogens is 1. The number of hydrogen-bond donors (Lipinski definition) is 1. The fourth-order valence-corrected chi connectivity index (χ4v) is 2.89. The number of nitro groups is 1. The van der Waals surface area contributed by atoms with Gasteiger partial charge in [0.05, 0.1) is 4.92 Å². The maximum atomic E-state index is 12.9. The lowest BCUT2D eigenvalue weighted by Crippen LogP contribution is -2.26. The Hall–Kier alpha value is -3.46. The van der Waals surface area contributed by atoms with Crippen LogP contribution in [0.25, 0.3) is 0 Å². The highest BCUT2D eigenvalue weighted by atomic mass is 79.9. The first-order valence-corrected chi connectivity index (χ1v) is 9.21. The molecule has 1 N–H and O–H groups in total. The average molecular weight is 459 g/mol. The van der Waals surface area contributed by atoms with E-state index in [1.54, 1.807) is 43.3 Å². The predicted molar refractivity (Wildman–Crippen MR) is 107 cm³/mol. The lowest BCUT2D eigenvalue weighted by molar-refractivity contribution is -0.384. The van der Waals surface area contributed by atoms with Crippen LogP contribution in [0.2, 0.25) is 0 Å². The highest BCUT2D eigenvalue weighted by Crippen LogP contribution is 2.28. The number of anilines is 1. The number of nitrogens with zero attached hydrogens (tertiary/aromatic N) is 1. The van der Waals surface area contributed by atoms with Crippen LogP contribution in [0.1, 0.15) is 27.8 Å². The fourth-order valence-electron chi connectivity index (χ4n) is 2.59. The summed E-state index contributed by atoms with van der Waals surface area (Å²) >= 11 is 3.09. The van der Waals surface area contributed by atoms with Crippen LogP contribution in [-0.2, 0) is 9.53 Å². The van der Waals surface area contributed by atoms with E-state index in [0.29, 0.717) is 15.8 Å². The van der Waals surface area contributed by atoms with Crippen LogP contribution in [0.3, 0.4) is 0 Å². The minimum Gasteiger partial charge on any atom is -0.442 e. The topological polar surface area (TPSA) is 112 Å². The molecule has 0 fully saturated rings. The minimum absolute atomic E-state index is 0.00308. The van der Waals surface area contributed by atoms with E-state index in [-0.39, 0.29) is 17.1 Å². The molecular formula is C20H15BrN2O6. The number of nitrogens with one attached hydrogen (secondary N) is 1. The minimum atomic E-state index is -1.34. The number of carbonyl (C=O) groups is 2. The number of aryl methyl sites for hydroxylation is 1. The van der Waals surface area contributed by atoms with Gasteiger partial charge < -0.3 is 14.5 Å². The number of esters is 1. The fraction of sp³-hybridized carbons (Fsp3) is 0.100. The Morgan fingerprint density at radius 1 is 1.14 bits per heavy atom. The monoisotopic (exact) mass is 458 g/mol. The molecule has 0 aliphatic rings. The Morgan fingerprint density at radius 2 is 1.86 bits per heavy atom. The Morgan fingerprint density at radius 3 is 2.48 bits per heavy atom. The van der Waals surface area contributed by atoms with E-state index in [1.807, 2.05) is 0 Å². The summed E-state index contributed by atoms with van der Waals surface area (Å²) in [6.45, 7) is 1.70. The van der Waals surface area contributed by atoms with E-state index in [2.05, 4.69) is 21.2 Å². The van der Waals surface area contributed by atoms with Gasteiger partial charge in [-0.15, -0.1) is 0 Å². The van der Waals surface area contributed by atoms with Gasteiger partial charge in [-0.25, -0.2) is 4.79 Å². The van der Waals surface area contributed by atoms with Crippen LogP contribution in [-0.4, -0.2) is 16.8 Å². The van der Waals surface area contributed by atoms with Crippen LogP contribution in [0.4, 0.5) is 11.4 Å². The van der Waals surface area contributed by atoms with Crippen molar-refractivity contribution < 1.29 is 23.7 Å². The number of benzene rings is 2. The molecule has 9 heteroatoms. The van der Waals surface area contributed by atoms with Crippen LogP contribution < -0.4 is 5.32 Å². The highest BCUT2D eigenvalue weighted by molar-refractivity contribution is 9.10. The van der Waals surface area contributed by atoms with E-state index in [1.165, 1.54) is 24.3 Å². The number of ether oxygens (including phenoxy) is 1. The Kier molecular flexibility index (Phi) is 6.08. The van der Waals surface area contributed by atoms with Crippen molar-refractivity contribution in [2.75, 3.05) is 5.32 Å². The molecule has 1 aromatic heterocycles. The quantitative estimate of drug-likeness (QED) is 0.322. The molecule has 1 atom stereocenters. The Bertz CT molecular complexity index is 1060. The normalized spacial score (nSPS) is 11.5. The van der Waals surface area contributed by atoms with Crippen LogP contribution in [0.15, 0.2) is 69.8 Å². The van der Waals surface area contributed by atoms with E-state index in [0.717, 1.165) is 0 Å². The molecule has 0 saturated carbocycles. The molecule has 0 saturated heterocycles. The van der Waals surface area contributed by atoms with Gasteiger partial charge in [-0.2, -0.15) is 0 Å². The molecule has 3 rings (SSSR count). The second-order valence-electron chi connectivity index (χ2n) is 6.07. The molecule has 0 radical (unpaired) electrons. The van der Waals surface area contributed by atoms with Gasteiger partial charge in [-0.3, -0.25) is 14.9 Å². The van der Waals surface area contributed by atoms with Crippen molar-refractivity contribution in [2.45, 2.75) is 13.0 Å². The van der Waals surface area contributed by atoms with Crippen molar-refractivity contribution in [2.24, 2.45) is 0 Å². The summed E-state index contributed by atoms with van der Waals surface area (Å²) in [5.74, 6) is -1.67. The molecule has 0 aliphatic carbocycles. The lowest BCUT2D eigenvalue weighted by atomic mass is 10.1. The smallest absolute Gasteiger partial charge is 0.375 e. The standard InChI is InChI=1S/C20H15BrN2O6/c1-12-7-8-14(15(11-12)23(26)27)22-19(24)18(13-5-3-2-4-6-13)29-20(25)16-9-10-17(21)28-16/h2-11,18H,1H3,(H,22,24). The molecular weight excluding hydrogens is 444 g/mol. The Balaban J connectivity index is 1.89. The summed E-state index contributed by atoms with van der Waals surface area (Å²) in [4.78, 5) is 36.0. The molecule has 1 amide bonds. The largest absolute Gasteiger partial charge is 0.442 e. The average Bonchev–Trinajstić information content (AvgIpc) is 3.14. The third-order valence-corrected chi connectivity index (χ3v) is 4.37. The zero-order valence-electron chi connectivity index (χ0n) is 15.1. The molecule has 1 unspecified atom stereocenters. The van der Waals surface area contributed by atoms with Crippen molar-refractivity contribution >= 4 is 39.2 Å². The van der Waals surface area contributed by atoms with Gasteiger partial charge in [0.2, 0.25) is 11.9 Å². The summed E-state index contributed by atoms with van der Waals surface area (Å²) in [6, 6.07) is 15.7. The summed E-state index contributed by atoms with van der Waals surface area (Å²) in [5.41, 5.74) is 0.817. The molecule has 0 bridgehead atoms. The molecule has 1 heterocycles. The first-order chi connectivity index (χ1) is 13.8. The van der Waals surface area contributed by atoms with E-state index in [4.69, 9.17) is 9.15 Å². The van der Waals surface area contributed by atoms with Gasteiger partial charge in [0.15, 0.2) is 4.67 Å². The van der Waals surface area contributed by atoms with Gasteiger partial charge in [0.25, 0.3) is 11.6 Å². The van der Waals surface area contributed by atoms with Crippen molar-refractivity contribution in [3.05, 3.63) is 92.3 Å². The third-order valence-electron chi connectivity index (χ3n) is 3.95. The van der Waals surface area contributed by atoms with Gasteiger partial charge in [-0.05, 0) is 46.6 Å². The van der Waals surface area contributed by atoms with E-state index >= 15 is 0 Å². The van der Waals surface area contributed by atoms with Crippen LogP contribution >= 0.6 is 15.9 Å². The van der Waals surface area contributed by atoms with Gasteiger partial charge in [0.1, 0.15) is 5.69 Å². The first-order valence-electron chi connectivity index (χ1n) is 8.42. The molecule has 3 aromatic rings. The number of rotatable bonds is 6. The van der Waals surface area contributed by atoms with E-state index < -0.39 is 22.9 Å². The van der Waals surface area contributed by atoms with Crippen molar-refractivity contribution in [3.8, 4) is 0 Å². The summed E-state index contributed by atoms with van der Waals surface area (Å²) < 4.78 is 10.9. The van der Waals surface area contributed by atoms with Crippen molar-refractivity contribution in [3.63, 3.8) is 0 Å². The first kappa shape index (κ1) is 20.3. The van der Waals surface area contributed by atoms with E-state index in [9.17, 15) is 19.7 Å². The zero-order valence-corrected chi connectivity index (χ0v) is 16.7. The summed E-state index contributed by atoms with van der Waals surface area (Å²) in [7, 11) is 0. The predicted octanol–water partition coefficient (Wildman–Crippen LogP) is 4.80. The summed E-state index contributed by atoms with van der Waals surface area (Å²) in [5, 5.41) is 13.8. The lowest BCUT2D eigenvalue weighted by Gasteiger charge is -2.17. The Labute approximate surface area is 173 Å². The second-order valence-corrected chi connectivity index (χ2v) is 6.85. The van der Waals surface area contributed by atoms with Gasteiger partial charge in [0, 0.05) is 11.6 Å². The number of carbonyl (C=O) groups excluding carboxylic acids is 2. The number of furan rings is 1. The molecule has 29 heavy (non-hydrogen) atoms. The number of amides is 1. The van der Waals surface area contributed by atoms with Crippen molar-refractivity contribution in [1.29, 1.82) is 0 Å².